The quantitative estimate of drug-likeness (QED) is 0.806. The summed E-state index contributed by atoms with van der Waals surface area (Å²) in [7, 11) is 0. The van der Waals surface area contributed by atoms with Crippen molar-refractivity contribution in [2.24, 2.45) is 17.6 Å². The maximum atomic E-state index is 6.61. The largest absolute Gasteiger partial charge is 0.466 e. The first-order valence-corrected chi connectivity index (χ1v) is 6.93. The molecule has 92 valence electrons. The molecular weight excluding hydrogens is 210 g/mol. The van der Waals surface area contributed by atoms with E-state index in [4.69, 9.17) is 10.2 Å². The van der Waals surface area contributed by atoms with Crippen LogP contribution in [-0.4, -0.2) is 5.54 Å². The Hall–Kier alpha value is -0.760. The molecule has 2 nitrogen and oxygen atoms in total. The molecule has 0 radical (unpaired) electrons. The van der Waals surface area contributed by atoms with Crippen molar-refractivity contribution < 1.29 is 4.42 Å². The number of hydrogen-bond acceptors (Lipinski definition) is 2. The van der Waals surface area contributed by atoms with Crippen LogP contribution in [0.4, 0.5) is 0 Å². The van der Waals surface area contributed by atoms with Crippen LogP contribution < -0.4 is 5.73 Å². The normalized spacial score (nSPS) is 47.6. The van der Waals surface area contributed by atoms with Crippen molar-refractivity contribution in [3.05, 3.63) is 23.7 Å². The molecule has 5 rings (SSSR count). The van der Waals surface area contributed by atoms with E-state index in [-0.39, 0.29) is 11.0 Å². The molecule has 0 saturated heterocycles. The van der Waals surface area contributed by atoms with Crippen molar-refractivity contribution in [2.75, 3.05) is 0 Å². The minimum Gasteiger partial charge on any atom is -0.466 e. The summed E-state index contributed by atoms with van der Waals surface area (Å²) in [6, 6.07) is 4.31. The molecule has 2 atom stereocenters. The summed E-state index contributed by atoms with van der Waals surface area (Å²) in [6.07, 6.45) is 7.71. The second-order valence-electron chi connectivity index (χ2n) is 7.01. The van der Waals surface area contributed by atoms with Gasteiger partial charge in [0, 0.05) is 11.0 Å². The third-order valence-electron chi connectivity index (χ3n) is 5.37. The third-order valence-corrected chi connectivity index (χ3v) is 5.37. The molecule has 4 fully saturated rings. The van der Waals surface area contributed by atoms with Crippen LogP contribution in [0.3, 0.4) is 0 Å². The predicted molar refractivity (Wildman–Crippen MR) is 66.7 cm³/mol. The second kappa shape index (κ2) is 2.97. The lowest BCUT2D eigenvalue weighted by atomic mass is 9.46. The van der Waals surface area contributed by atoms with Crippen molar-refractivity contribution in [2.45, 2.75) is 56.4 Å². The molecule has 2 heteroatoms. The smallest absolute Gasteiger partial charge is 0.110 e. The van der Waals surface area contributed by atoms with Gasteiger partial charge in [-0.1, -0.05) is 0 Å². The Kier molecular flexibility index (Phi) is 1.78. The maximum absolute atomic E-state index is 6.61. The monoisotopic (exact) mass is 231 g/mol. The summed E-state index contributed by atoms with van der Waals surface area (Å²) in [6.45, 7) is 2.04. The first kappa shape index (κ1) is 10.2. The lowest BCUT2D eigenvalue weighted by molar-refractivity contribution is -0.0319. The van der Waals surface area contributed by atoms with Crippen molar-refractivity contribution in [1.29, 1.82) is 0 Å². The Balaban J connectivity index is 1.79. The number of nitrogens with two attached hydrogens (primary N) is 1. The van der Waals surface area contributed by atoms with E-state index in [0.29, 0.717) is 0 Å². The standard InChI is InChI=1S/C15H21NO/c1-10-2-3-13(17-10)14-5-11-4-12(6-14)8-15(16,7-11)9-14/h2-3,11-12H,4-9,16H2,1H3. The van der Waals surface area contributed by atoms with Crippen molar-refractivity contribution >= 4 is 0 Å². The van der Waals surface area contributed by atoms with E-state index >= 15 is 0 Å². The average Bonchev–Trinajstić information content (AvgIpc) is 2.61. The van der Waals surface area contributed by atoms with E-state index in [0.717, 1.165) is 24.0 Å². The van der Waals surface area contributed by atoms with Gasteiger partial charge in [0.2, 0.25) is 0 Å². The van der Waals surface area contributed by atoms with Gasteiger partial charge in [0.05, 0.1) is 0 Å². The molecule has 4 aliphatic carbocycles. The van der Waals surface area contributed by atoms with Crippen molar-refractivity contribution in [3.8, 4) is 0 Å². The van der Waals surface area contributed by atoms with E-state index in [1.165, 1.54) is 37.9 Å². The van der Waals surface area contributed by atoms with E-state index in [9.17, 15) is 0 Å². The van der Waals surface area contributed by atoms with Gasteiger partial charge in [0.25, 0.3) is 0 Å². The highest BCUT2D eigenvalue weighted by Gasteiger charge is 2.57. The fourth-order valence-corrected chi connectivity index (χ4v) is 5.34. The average molecular weight is 231 g/mol. The van der Waals surface area contributed by atoms with Crippen LogP contribution >= 0.6 is 0 Å². The Morgan fingerprint density at radius 2 is 1.88 bits per heavy atom. The molecule has 0 aliphatic heterocycles. The van der Waals surface area contributed by atoms with Crippen LogP contribution in [-0.2, 0) is 5.41 Å². The molecule has 1 aromatic heterocycles. The molecule has 0 amide bonds. The summed E-state index contributed by atoms with van der Waals surface area (Å²) in [4.78, 5) is 0. The van der Waals surface area contributed by atoms with Gasteiger partial charge in [-0.2, -0.15) is 0 Å². The van der Waals surface area contributed by atoms with E-state index in [2.05, 4.69) is 12.1 Å². The number of furan rings is 1. The molecule has 4 saturated carbocycles. The van der Waals surface area contributed by atoms with E-state index in [1.807, 2.05) is 6.92 Å². The van der Waals surface area contributed by atoms with E-state index in [1.54, 1.807) is 0 Å². The van der Waals surface area contributed by atoms with Crippen LogP contribution in [0.15, 0.2) is 16.5 Å². The molecule has 17 heavy (non-hydrogen) atoms. The Morgan fingerprint density at radius 3 is 2.41 bits per heavy atom. The Bertz CT molecular complexity index is 447. The molecule has 1 heterocycles. The van der Waals surface area contributed by atoms with Crippen LogP contribution in [0.1, 0.15) is 50.0 Å². The van der Waals surface area contributed by atoms with Crippen molar-refractivity contribution in [1.82, 2.24) is 0 Å². The minimum absolute atomic E-state index is 0.116. The first-order valence-electron chi connectivity index (χ1n) is 6.93. The summed E-state index contributed by atoms with van der Waals surface area (Å²) in [5, 5.41) is 0. The maximum Gasteiger partial charge on any atom is 0.110 e. The van der Waals surface area contributed by atoms with Gasteiger partial charge in [0.1, 0.15) is 11.5 Å². The zero-order valence-corrected chi connectivity index (χ0v) is 10.5. The lowest BCUT2D eigenvalue weighted by Gasteiger charge is -2.60. The molecule has 0 spiro atoms. The van der Waals surface area contributed by atoms with Crippen LogP contribution in [0.5, 0.6) is 0 Å². The predicted octanol–water partition coefficient (Wildman–Crippen LogP) is 3.14. The second-order valence-corrected chi connectivity index (χ2v) is 7.01. The number of hydrogen-bond donors (Lipinski definition) is 1. The molecule has 4 bridgehead atoms. The minimum atomic E-state index is 0.116. The van der Waals surface area contributed by atoms with Crippen LogP contribution in [0, 0.1) is 18.8 Å². The zero-order valence-electron chi connectivity index (χ0n) is 10.5. The highest BCUT2D eigenvalue weighted by molar-refractivity contribution is 5.25. The molecule has 4 aliphatic rings. The Labute approximate surface area is 103 Å². The molecule has 2 unspecified atom stereocenters. The van der Waals surface area contributed by atoms with Crippen molar-refractivity contribution in [3.63, 3.8) is 0 Å². The lowest BCUT2D eigenvalue weighted by Crippen LogP contribution is -2.61. The number of rotatable bonds is 1. The van der Waals surface area contributed by atoms with Gasteiger partial charge in [-0.05, 0) is 69.4 Å². The van der Waals surface area contributed by atoms with Gasteiger partial charge >= 0.3 is 0 Å². The summed E-state index contributed by atoms with van der Waals surface area (Å²) < 4.78 is 5.96. The first-order chi connectivity index (χ1) is 8.07. The van der Waals surface area contributed by atoms with Crippen LogP contribution in [0.25, 0.3) is 0 Å². The topological polar surface area (TPSA) is 39.2 Å². The molecular formula is C15H21NO. The zero-order chi connectivity index (χ0) is 11.7. The van der Waals surface area contributed by atoms with Gasteiger partial charge < -0.3 is 10.2 Å². The Morgan fingerprint density at radius 1 is 1.18 bits per heavy atom. The fourth-order valence-electron chi connectivity index (χ4n) is 5.34. The van der Waals surface area contributed by atoms with Gasteiger partial charge in [-0.3, -0.25) is 0 Å². The highest BCUT2D eigenvalue weighted by atomic mass is 16.3. The van der Waals surface area contributed by atoms with Crippen LogP contribution in [0.2, 0.25) is 0 Å². The summed E-state index contributed by atoms with van der Waals surface area (Å²) in [5.41, 5.74) is 7.01. The van der Waals surface area contributed by atoms with Gasteiger partial charge in [-0.25, -0.2) is 0 Å². The fraction of sp³-hybridized carbons (Fsp3) is 0.733. The molecule has 1 aromatic rings. The van der Waals surface area contributed by atoms with E-state index < -0.39 is 0 Å². The highest BCUT2D eigenvalue weighted by Crippen LogP contribution is 2.61. The molecule has 0 aromatic carbocycles. The van der Waals surface area contributed by atoms with Gasteiger partial charge in [-0.15, -0.1) is 0 Å². The summed E-state index contributed by atoms with van der Waals surface area (Å²) in [5.74, 6) is 3.97. The SMILES string of the molecule is Cc1ccc(C23CC4CC(CC(N)(C4)C2)C3)o1. The summed E-state index contributed by atoms with van der Waals surface area (Å²) >= 11 is 0. The molecule has 2 N–H and O–H groups in total. The third kappa shape index (κ3) is 1.36. The number of aryl methyl sites for hydroxylation is 1. The van der Waals surface area contributed by atoms with Gasteiger partial charge in [0.15, 0.2) is 0 Å².